The van der Waals surface area contributed by atoms with Gasteiger partial charge in [0.05, 0.1) is 6.04 Å². The number of likely N-dealkylation sites (tertiary alicyclic amines) is 1. The first-order valence-electron chi connectivity index (χ1n) is 13.1. The summed E-state index contributed by atoms with van der Waals surface area (Å²) in [5.41, 5.74) is 9.91. The summed E-state index contributed by atoms with van der Waals surface area (Å²) in [6.45, 7) is 0.646. The van der Waals surface area contributed by atoms with Crippen molar-refractivity contribution in [2.24, 2.45) is 0 Å². The second-order valence-electron chi connectivity index (χ2n) is 9.53. The monoisotopic (exact) mass is 529 g/mol. The van der Waals surface area contributed by atoms with Crippen LogP contribution >= 0.6 is 0 Å². The van der Waals surface area contributed by atoms with Crippen LogP contribution in [0.25, 0.3) is 22.9 Å². The average Bonchev–Trinajstić information content (AvgIpc) is 3.63. The van der Waals surface area contributed by atoms with Crippen molar-refractivity contribution in [1.82, 2.24) is 24.3 Å². The molecule has 1 saturated heterocycles. The third kappa shape index (κ3) is 4.92. The first-order valence-corrected chi connectivity index (χ1v) is 13.1. The van der Waals surface area contributed by atoms with E-state index < -0.39 is 0 Å². The van der Waals surface area contributed by atoms with Crippen molar-refractivity contribution in [1.29, 1.82) is 0 Å². The van der Waals surface area contributed by atoms with Gasteiger partial charge in [-0.2, -0.15) is 0 Å². The van der Waals surface area contributed by atoms with E-state index >= 15 is 0 Å². The molecule has 1 aliphatic rings. The van der Waals surface area contributed by atoms with Gasteiger partial charge in [-0.25, -0.2) is 15.0 Å². The second kappa shape index (κ2) is 10.8. The van der Waals surface area contributed by atoms with Crippen LogP contribution in [0.1, 0.15) is 40.6 Å². The van der Waals surface area contributed by atoms with E-state index in [2.05, 4.69) is 15.3 Å². The Morgan fingerprint density at radius 3 is 2.52 bits per heavy atom. The minimum absolute atomic E-state index is 0.0602. The van der Waals surface area contributed by atoms with Crippen LogP contribution in [0.15, 0.2) is 97.5 Å². The van der Waals surface area contributed by atoms with Crippen molar-refractivity contribution < 1.29 is 9.59 Å². The van der Waals surface area contributed by atoms with Gasteiger partial charge in [0.15, 0.2) is 0 Å². The number of nitrogens with two attached hydrogens (primary N) is 1. The lowest BCUT2D eigenvalue weighted by molar-refractivity contribution is -0.127. The molecule has 0 saturated carbocycles. The van der Waals surface area contributed by atoms with Gasteiger partial charge in [-0.3, -0.25) is 14.0 Å². The van der Waals surface area contributed by atoms with Gasteiger partial charge in [-0.1, -0.05) is 48.5 Å². The Kier molecular flexibility index (Phi) is 6.76. The van der Waals surface area contributed by atoms with E-state index in [4.69, 9.17) is 10.7 Å². The van der Waals surface area contributed by atoms with Crippen molar-refractivity contribution in [3.8, 4) is 11.3 Å². The quantitative estimate of drug-likeness (QED) is 0.299. The summed E-state index contributed by atoms with van der Waals surface area (Å²) in [5, 5.41) is 2.79. The summed E-state index contributed by atoms with van der Waals surface area (Å²) in [5.74, 6) is 1.23. The number of hydrogen-bond acceptors (Lipinski definition) is 6. The Hall–Kier alpha value is -5.31. The van der Waals surface area contributed by atoms with Gasteiger partial charge >= 0.3 is 0 Å². The Balaban J connectivity index is 1.30. The number of nitrogen functional groups attached to an aromatic ring is 1. The van der Waals surface area contributed by atoms with Crippen LogP contribution in [-0.4, -0.2) is 42.6 Å². The predicted molar refractivity (Wildman–Crippen MR) is 154 cm³/mol. The lowest BCUT2D eigenvalue weighted by Crippen LogP contribution is -2.30. The molecule has 9 heteroatoms. The predicted octanol–water partition coefficient (Wildman–Crippen LogP) is 5.00. The Morgan fingerprint density at radius 2 is 1.75 bits per heavy atom. The summed E-state index contributed by atoms with van der Waals surface area (Å²) in [6, 6.07) is 22.0. The highest BCUT2D eigenvalue weighted by molar-refractivity contribution is 6.04. The molecule has 0 radical (unpaired) electrons. The van der Waals surface area contributed by atoms with Crippen LogP contribution < -0.4 is 11.1 Å². The normalized spacial score (nSPS) is 15.1. The van der Waals surface area contributed by atoms with Gasteiger partial charge in [0.1, 0.15) is 28.7 Å². The average molecular weight is 530 g/mol. The van der Waals surface area contributed by atoms with Crippen molar-refractivity contribution in [3.63, 3.8) is 0 Å². The van der Waals surface area contributed by atoms with E-state index in [-0.39, 0.29) is 17.9 Å². The third-order valence-electron chi connectivity index (χ3n) is 6.99. The lowest BCUT2D eigenvalue weighted by Gasteiger charge is -2.22. The highest BCUT2D eigenvalue weighted by Gasteiger charge is 2.33. The van der Waals surface area contributed by atoms with Crippen molar-refractivity contribution in [2.75, 3.05) is 17.6 Å². The summed E-state index contributed by atoms with van der Waals surface area (Å²) >= 11 is 0. The number of rotatable bonds is 6. The molecule has 2 aromatic carbocycles. The SMILES string of the molecule is Nc1nccn2c([C@@H]3CCCN3C(=O)C=Cc3ccccc3)nc(-c3ccc(C(=O)Nc4ccccn4)cc3)c12. The minimum atomic E-state index is -0.259. The van der Waals surface area contributed by atoms with Gasteiger partial charge in [-0.05, 0) is 48.7 Å². The van der Waals surface area contributed by atoms with Gasteiger partial charge in [0.25, 0.3) is 5.91 Å². The molecule has 6 rings (SSSR count). The molecule has 1 fully saturated rings. The highest BCUT2D eigenvalue weighted by Crippen LogP contribution is 2.36. The molecule has 0 aliphatic carbocycles. The molecule has 1 atom stereocenters. The first-order chi connectivity index (χ1) is 19.6. The van der Waals surface area contributed by atoms with Gasteiger partial charge < -0.3 is 16.0 Å². The fourth-order valence-corrected chi connectivity index (χ4v) is 5.05. The molecule has 5 aromatic rings. The van der Waals surface area contributed by atoms with Gasteiger partial charge in [-0.15, -0.1) is 0 Å². The summed E-state index contributed by atoms with van der Waals surface area (Å²) in [7, 11) is 0. The summed E-state index contributed by atoms with van der Waals surface area (Å²) < 4.78 is 1.93. The maximum atomic E-state index is 13.2. The number of amides is 2. The second-order valence-corrected chi connectivity index (χ2v) is 9.53. The fourth-order valence-electron chi connectivity index (χ4n) is 5.05. The number of benzene rings is 2. The smallest absolute Gasteiger partial charge is 0.256 e. The number of anilines is 2. The molecule has 40 heavy (non-hydrogen) atoms. The van der Waals surface area contributed by atoms with E-state index in [1.165, 1.54) is 0 Å². The van der Waals surface area contributed by atoms with E-state index in [0.29, 0.717) is 35.0 Å². The standard InChI is InChI=1S/C31H27N7O2/c32-29-28-27(22-12-14-23(15-13-22)31(40)35-25-10-4-5-17-33-25)36-30(38(28)20-18-34-29)24-9-6-19-37(24)26(39)16-11-21-7-2-1-3-8-21/h1-5,7-8,10-18,20,24H,6,9,19H2,(H2,32,34)(H,33,35,40)/t24-/m0/s1. The zero-order chi connectivity index (χ0) is 27.5. The Labute approximate surface area is 231 Å². The first kappa shape index (κ1) is 25.0. The third-order valence-corrected chi connectivity index (χ3v) is 6.99. The Morgan fingerprint density at radius 1 is 0.950 bits per heavy atom. The number of imidazole rings is 1. The fraction of sp³-hybridized carbons (Fsp3) is 0.129. The molecule has 2 amide bonds. The number of carbonyl (C=O) groups excluding carboxylic acids is 2. The van der Waals surface area contributed by atoms with Crippen molar-refractivity contribution in [3.05, 3.63) is 114 Å². The number of nitrogens with zero attached hydrogens (tertiary/aromatic N) is 5. The molecule has 3 aromatic heterocycles. The number of aromatic nitrogens is 4. The van der Waals surface area contributed by atoms with E-state index in [0.717, 1.165) is 29.8 Å². The number of carbonyl (C=O) groups is 2. The maximum absolute atomic E-state index is 13.2. The van der Waals surface area contributed by atoms with Gasteiger partial charge in [0, 0.05) is 42.3 Å². The van der Waals surface area contributed by atoms with E-state index in [1.54, 1.807) is 42.7 Å². The largest absolute Gasteiger partial charge is 0.382 e. The highest BCUT2D eigenvalue weighted by atomic mass is 16.2. The van der Waals surface area contributed by atoms with Crippen LogP contribution in [0.3, 0.4) is 0 Å². The van der Waals surface area contributed by atoms with E-state index in [1.807, 2.05) is 70.1 Å². The molecule has 0 unspecified atom stereocenters. The molecular weight excluding hydrogens is 502 g/mol. The van der Waals surface area contributed by atoms with Crippen molar-refractivity contribution in [2.45, 2.75) is 18.9 Å². The molecule has 4 heterocycles. The molecule has 0 spiro atoms. The van der Waals surface area contributed by atoms with E-state index in [9.17, 15) is 9.59 Å². The number of nitrogens with one attached hydrogen (secondary N) is 1. The van der Waals surface area contributed by atoms with Crippen molar-refractivity contribution >= 4 is 35.0 Å². The zero-order valence-electron chi connectivity index (χ0n) is 21.6. The van der Waals surface area contributed by atoms with Crippen LogP contribution in [0.5, 0.6) is 0 Å². The van der Waals surface area contributed by atoms with Crippen LogP contribution in [0.2, 0.25) is 0 Å². The molecular formula is C31H27N7O2. The topological polar surface area (TPSA) is 119 Å². The minimum Gasteiger partial charge on any atom is -0.382 e. The summed E-state index contributed by atoms with van der Waals surface area (Å²) in [4.78, 5) is 41.3. The summed E-state index contributed by atoms with van der Waals surface area (Å²) in [6.07, 6.45) is 10.2. The number of pyridine rings is 1. The van der Waals surface area contributed by atoms with Gasteiger partial charge in [0.2, 0.25) is 5.91 Å². The zero-order valence-corrected chi connectivity index (χ0v) is 21.6. The lowest BCUT2D eigenvalue weighted by atomic mass is 10.1. The number of fused-ring (bicyclic) bond motifs is 1. The molecule has 0 bridgehead atoms. The maximum Gasteiger partial charge on any atom is 0.256 e. The number of hydrogen-bond donors (Lipinski definition) is 2. The Bertz CT molecular complexity index is 1700. The molecule has 198 valence electrons. The van der Waals surface area contributed by atoms with Crippen LogP contribution in [-0.2, 0) is 4.79 Å². The van der Waals surface area contributed by atoms with Crippen LogP contribution in [0.4, 0.5) is 11.6 Å². The molecule has 3 N–H and O–H groups in total. The molecule has 9 nitrogen and oxygen atoms in total. The van der Waals surface area contributed by atoms with Crippen LogP contribution in [0, 0.1) is 0 Å². The molecule has 1 aliphatic heterocycles.